The second kappa shape index (κ2) is 7.02. The van der Waals surface area contributed by atoms with Gasteiger partial charge in [0.2, 0.25) is 6.79 Å². The van der Waals surface area contributed by atoms with Gasteiger partial charge in [-0.25, -0.2) is 8.42 Å². The van der Waals surface area contributed by atoms with Gasteiger partial charge in [0.1, 0.15) is 0 Å². The molecular weight excluding hydrogens is 356 g/mol. The summed E-state index contributed by atoms with van der Waals surface area (Å²) in [5, 5.41) is -0.0767. The van der Waals surface area contributed by atoms with Gasteiger partial charge >= 0.3 is 5.97 Å². The Bertz CT molecular complexity index is 757. The van der Waals surface area contributed by atoms with Crippen molar-refractivity contribution in [1.29, 1.82) is 0 Å². The Hall–Kier alpha value is -1.74. The maximum absolute atomic E-state index is 12.0. The highest BCUT2D eigenvalue weighted by Crippen LogP contribution is 2.32. The second-order valence-electron chi connectivity index (χ2n) is 5.49. The molecule has 1 fully saturated rings. The van der Waals surface area contributed by atoms with E-state index >= 15 is 0 Å². The number of carbonyl (C=O) groups is 2. The average Bonchev–Trinajstić information content (AvgIpc) is 3.15. The number of thioether (sulfide) groups is 1. The van der Waals surface area contributed by atoms with Gasteiger partial charge in [-0.15, -0.1) is 11.8 Å². The van der Waals surface area contributed by atoms with Gasteiger partial charge in [0.15, 0.2) is 33.7 Å². The van der Waals surface area contributed by atoms with Crippen LogP contribution < -0.4 is 9.47 Å². The summed E-state index contributed by atoms with van der Waals surface area (Å²) in [4.78, 5) is 23.7. The fourth-order valence-corrected chi connectivity index (χ4v) is 5.86. The third-order valence-corrected chi connectivity index (χ3v) is 6.94. The summed E-state index contributed by atoms with van der Waals surface area (Å²) in [5.41, 5.74) is 0.376. The van der Waals surface area contributed by atoms with Gasteiger partial charge in [-0.3, -0.25) is 9.59 Å². The van der Waals surface area contributed by atoms with Crippen LogP contribution in [0.3, 0.4) is 0 Å². The van der Waals surface area contributed by atoms with Crippen LogP contribution in [0, 0.1) is 0 Å². The van der Waals surface area contributed by atoms with Crippen molar-refractivity contribution in [2.45, 2.75) is 11.7 Å². The van der Waals surface area contributed by atoms with E-state index in [1.165, 1.54) is 11.8 Å². The summed E-state index contributed by atoms with van der Waals surface area (Å²) in [5.74, 6) is 0.503. The molecule has 0 N–H and O–H groups in total. The number of hydrogen-bond donors (Lipinski definition) is 0. The van der Waals surface area contributed by atoms with Crippen molar-refractivity contribution in [1.82, 2.24) is 0 Å². The zero-order valence-electron chi connectivity index (χ0n) is 12.7. The van der Waals surface area contributed by atoms with Crippen LogP contribution in [0.2, 0.25) is 0 Å². The molecule has 3 rings (SSSR count). The number of rotatable bonds is 6. The molecule has 0 saturated carbocycles. The van der Waals surface area contributed by atoms with Gasteiger partial charge in [-0.2, -0.15) is 0 Å². The first-order valence-electron chi connectivity index (χ1n) is 7.33. The van der Waals surface area contributed by atoms with Crippen molar-refractivity contribution in [3.05, 3.63) is 23.8 Å². The molecule has 2 aliphatic rings. The Morgan fingerprint density at radius 1 is 1.25 bits per heavy atom. The SMILES string of the molecule is O=C(CS[C@H]1CCS(=O)(=O)C1)OCC(=O)c1ccc2c(c1)OCO2. The Balaban J connectivity index is 1.43. The van der Waals surface area contributed by atoms with E-state index in [-0.39, 0.29) is 41.7 Å². The van der Waals surface area contributed by atoms with E-state index in [1.54, 1.807) is 18.2 Å². The van der Waals surface area contributed by atoms with Crippen molar-refractivity contribution in [2.75, 3.05) is 30.7 Å². The number of hydrogen-bond acceptors (Lipinski definition) is 8. The Morgan fingerprint density at radius 3 is 2.79 bits per heavy atom. The number of carbonyl (C=O) groups excluding carboxylic acids is 2. The number of benzene rings is 1. The zero-order chi connectivity index (χ0) is 17.2. The van der Waals surface area contributed by atoms with Gasteiger partial charge in [0, 0.05) is 10.8 Å². The first-order valence-corrected chi connectivity index (χ1v) is 10.2. The average molecular weight is 372 g/mol. The third-order valence-electron chi connectivity index (χ3n) is 3.69. The number of ketones is 1. The number of Topliss-reactive ketones (excluding diaryl/α,β-unsaturated/α-hetero) is 1. The molecule has 9 heteroatoms. The number of esters is 1. The molecule has 1 saturated heterocycles. The normalized spacial score (nSPS) is 20.8. The Labute approximate surface area is 143 Å². The number of sulfone groups is 1. The highest BCUT2D eigenvalue weighted by atomic mass is 32.2. The smallest absolute Gasteiger partial charge is 0.316 e. The molecule has 7 nitrogen and oxygen atoms in total. The van der Waals surface area contributed by atoms with E-state index in [2.05, 4.69) is 0 Å². The molecule has 0 bridgehead atoms. The van der Waals surface area contributed by atoms with Crippen LogP contribution in [0.1, 0.15) is 16.8 Å². The lowest BCUT2D eigenvalue weighted by Crippen LogP contribution is -2.17. The molecular formula is C15H16O7S2. The topological polar surface area (TPSA) is 96.0 Å². The lowest BCUT2D eigenvalue weighted by Gasteiger charge is -2.08. The summed E-state index contributed by atoms with van der Waals surface area (Å²) in [6.45, 7) is -0.238. The molecule has 1 atom stereocenters. The lowest BCUT2D eigenvalue weighted by atomic mass is 10.1. The van der Waals surface area contributed by atoms with Crippen LogP contribution in [0.15, 0.2) is 18.2 Å². The van der Waals surface area contributed by atoms with E-state index in [0.717, 1.165) is 0 Å². The minimum absolute atomic E-state index is 0.0363. The molecule has 1 aromatic rings. The molecule has 0 unspecified atom stereocenters. The first kappa shape index (κ1) is 17.1. The summed E-state index contributed by atoms with van der Waals surface area (Å²) in [7, 11) is -2.96. The predicted molar refractivity (Wildman–Crippen MR) is 87.4 cm³/mol. The van der Waals surface area contributed by atoms with Crippen LogP contribution in [-0.4, -0.2) is 56.1 Å². The van der Waals surface area contributed by atoms with Crippen molar-refractivity contribution in [2.24, 2.45) is 0 Å². The highest BCUT2D eigenvalue weighted by Gasteiger charge is 2.28. The molecule has 1 aromatic carbocycles. The maximum atomic E-state index is 12.0. The van der Waals surface area contributed by atoms with Crippen molar-refractivity contribution in [3.63, 3.8) is 0 Å². The number of ether oxygens (including phenoxy) is 3. The predicted octanol–water partition coefficient (Wildman–Crippen LogP) is 1.06. The summed E-state index contributed by atoms with van der Waals surface area (Å²) >= 11 is 1.26. The summed E-state index contributed by atoms with van der Waals surface area (Å²) in [6.07, 6.45) is 0.552. The second-order valence-corrected chi connectivity index (χ2v) is 9.01. The Morgan fingerprint density at radius 2 is 2.04 bits per heavy atom. The van der Waals surface area contributed by atoms with Crippen molar-refractivity contribution < 1.29 is 32.2 Å². The largest absolute Gasteiger partial charge is 0.457 e. The fourth-order valence-electron chi connectivity index (χ4n) is 2.42. The van der Waals surface area contributed by atoms with Gasteiger partial charge < -0.3 is 14.2 Å². The summed E-state index contributed by atoms with van der Waals surface area (Å²) in [6, 6.07) is 4.77. The lowest BCUT2D eigenvalue weighted by molar-refractivity contribution is -0.139. The van der Waals surface area contributed by atoms with Crippen LogP contribution in [0.4, 0.5) is 0 Å². The monoisotopic (exact) mass is 372 g/mol. The third kappa shape index (κ3) is 4.21. The molecule has 0 spiro atoms. The minimum Gasteiger partial charge on any atom is -0.457 e. The molecule has 24 heavy (non-hydrogen) atoms. The van der Waals surface area contributed by atoms with Gasteiger partial charge in [-0.05, 0) is 24.6 Å². The van der Waals surface area contributed by atoms with Gasteiger partial charge in [0.25, 0.3) is 0 Å². The van der Waals surface area contributed by atoms with E-state index in [9.17, 15) is 18.0 Å². The summed E-state index contributed by atoms with van der Waals surface area (Å²) < 4.78 is 38.0. The number of fused-ring (bicyclic) bond motifs is 1. The molecule has 2 aliphatic heterocycles. The minimum atomic E-state index is -2.96. The highest BCUT2D eigenvalue weighted by molar-refractivity contribution is 8.02. The van der Waals surface area contributed by atoms with Crippen LogP contribution in [0.25, 0.3) is 0 Å². The fraction of sp³-hybridized carbons (Fsp3) is 0.467. The molecule has 0 radical (unpaired) electrons. The van der Waals surface area contributed by atoms with E-state index in [0.29, 0.717) is 23.5 Å². The van der Waals surface area contributed by atoms with E-state index in [1.807, 2.05) is 0 Å². The van der Waals surface area contributed by atoms with Gasteiger partial charge in [-0.1, -0.05) is 0 Å². The Kier molecular flexibility index (Phi) is 5.00. The van der Waals surface area contributed by atoms with Crippen LogP contribution in [0.5, 0.6) is 11.5 Å². The van der Waals surface area contributed by atoms with E-state index in [4.69, 9.17) is 14.2 Å². The van der Waals surface area contributed by atoms with Crippen molar-refractivity contribution in [3.8, 4) is 11.5 Å². The van der Waals surface area contributed by atoms with Crippen LogP contribution in [-0.2, 0) is 19.4 Å². The molecule has 130 valence electrons. The first-order chi connectivity index (χ1) is 11.4. The molecule has 2 heterocycles. The molecule has 0 aliphatic carbocycles. The molecule has 0 aromatic heterocycles. The standard InChI is InChI=1S/C15H16O7S2/c16-12(10-1-2-13-14(5-10)22-9-21-13)6-20-15(17)7-23-11-3-4-24(18,19)8-11/h1-2,5,11H,3-4,6-9H2/t11-/m0/s1. The van der Waals surface area contributed by atoms with Gasteiger partial charge in [0.05, 0.1) is 17.3 Å². The van der Waals surface area contributed by atoms with Crippen LogP contribution >= 0.6 is 11.8 Å². The molecule has 0 amide bonds. The quantitative estimate of drug-likeness (QED) is 0.540. The maximum Gasteiger partial charge on any atom is 0.316 e. The van der Waals surface area contributed by atoms with Crippen molar-refractivity contribution >= 4 is 33.4 Å². The zero-order valence-corrected chi connectivity index (χ0v) is 14.4. The van der Waals surface area contributed by atoms with E-state index < -0.39 is 15.8 Å².